The van der Waals surface area contributed by atoms with Gasteiger partial charge in [-0.3, -0.25) is 0 Å². The number of nitrogens with zero attached hydrogens (tertiary/aromatic N) is 1. The summed E-state index contributed by atoms with van der Waals surface area (Å²) in [5.74, 6) is 0. The predicted octanol–water partition coefficient (Wildman–Crippen LogP) is 1.87. The summed E-state index contributed by atoms with van der Waals surface area (Å²) in [6.07, 6.45) is 4.05. The highest BCUT2D eigenvalue weighted by Crippen LogP contribution is 2.02. The number of hydrogen-bond donors (Lipinski definition) is 1. The molecule has 0 atom stereocenters. The van der Waals surface area contributed by atoms with Gasteiger partial charge in [0.2, 0.25) is 5.69 Å². The van der Waals surface area contributed by atoms with E-state index in [9.17, 15) is 0 Å². The molecule has 0 bridgehead atoms. The van der Waals surface area contributed by atoms with E-state index in [1.165, 1.54) is 0 Å². The third-order valence-electron chi connectivity index (χ3n) is 2.19. The molecule has 1 heterocycles. The van der Waals surface area contributed by atoms with Gasteiger partial charge >= 0.3 is 0 Å². The maximum absolute atomic E-state index is 5.53. The zero-order valence-electron chi connectivity index (χ0n) is 8.93. The van der Waals surface area contributed by atoms with Crippen LogP contribution in [0.25, 0.3) is 5.69 Å². The molecule has 0 unspecified atom stereocenters. The van der Waals surface area contributed by atoms with Gasteiger partial charge in [0.05, 0.1) is 0 Å². The highest BCUT2D eigenvalue weighted by molar-refractivity contribution is 5.27. The third kappa shape index (κ3) is 2.64. The molecule has 78 valence electrons. The number of pyridine rings is 1. The largest absolute Gasteiger partial charge is 0.358 e. The molecule has 0 fully saturated rings. The van der Waals surface area contributed by atoms with Gasteiger partial charge in [-0.2, -0.15) is 4.57 Å². The minimum atomic E-state index is 0. The van der Waals surface area contributed by atoms with E-state index < -0.39 is 0 Å². The van der Waals surface area contributed by atoms with E-state index in [1.54, 1.807) is 0 Å². The Kier molecular flexibility index (Phi) is 4.01. The number of rotatable bonds is 2. The van der Waals surface area contributed by atoms with Crippen molar-refractivity contribution in [1.82, 2.24) is 0 Å². The summed E-state index contributed by atoms with van der Waals surface area (Å²) < 4.78 is 2.07. The maximum Gasteiger partial charge on any atom is 0.210 e. The Morgan fingerprint density at radius 2 is 1.53 bits per heavy atom. The molecule has 2 rings (SSSR count). The van der Waals surface area contributed by atoms with Crippen LogP contribution in [0.4, 0.5) is 0 Å². The first kappa shape index (κ1) is 11.4. The number of aromatic nitrogens is 1. The van der Waals surface area contributed by atoms with Gasteiger partial charge in [0, 0.05) is 30.8 Å². The van der Waals surface area contributed by atoms with Crippen molar-refractivity contribution in [3.63, 3.8) is 0 Å². The van der Waals surface area contributed by atoms with Gasteiger partial charge in [0.15, 0.2) is 12.4 Å². The summed E-state index contributed by atoms with van der Waals surface area (Å²) in [7, 11) is 0. The molecule has 2 N–H and O–H groups in total. The lowest BCUT2D eigenvalue weighted by Crippen LogP contribution is -2.28. The van der Waals surface area contributed by atoms with Crippen LogP contribution in [0, 0.1) is 7.43 Å². The topological polar surface area (TPSA) is 29.9 Å². The molecule has 0 saturated carbocycles. The standard InChI is InChI=1S/C12H13N2.CH3/c13-10-11-4-6-12(7-5-11)14-8-2-1-3-9-14;/h1-9H,10,13H2;1H3/q+1;-1. The maximum atomic E-state index is 5.53. The van der Waals surface area contributed by atoms with Crippen molar-refractivity contribution in [2.24, 2.45) is 5.73 Å². The Bertz CT molecular complexity index is 393. The van der Waals surface area contributed by atoms with Gasteiger partial charge in [0.25, 0.3) is 0 Å². The Morgan fingerprint density at radius 1 is 0.933 bits per heavy atom. The number of benzene rings is 1. The third-order valence-corrected chi connectivity index (χ3v) is 2.19. The second kappa shape index (κ2) is 5.27. The Balaban J connectivity index is 0.00000112. The summed E-state index contributed by atoms with van der Waals surface area (Å²) in [6.45, 7) is 0.597. The Hall–Kier alpha value is -1.67. The average molecular weight is 200 g/mol. The molecule has 15 heavy (non-hydrogen) atoms. The zero-order valence-corrected chi connectivity index (χ0v) is 8.93. The number of nitrogens with two attached hydrogens (primary N) is 1. The van der Waals surface area contributed by atoms with Crippen LogP contribution in [0.5, 0.6) is 0 Å². The second-order valence-electron chi connectivity index (χ2n) is 3.15. The summed E-state index contributed by atoms with van der Waals surface area (Å²) in [4.78, 5) is 0. The lowest BCUT2D eigenvalue weighted by molar-refractivity contribution is -0.595. The van der Waals surface area contributed by atoms with E-state index in [2.05, 4.69) is 28.8 Å². The van der Waals surface area contributed by atoms with Crippen LogP contribution in [0.3, 0.4) is 0 Å². The smallest absolute Gasteiger partial charge is 0.210 e. The fraction of sp³-hybridized carbons (Fsp3) is 0.0769. The molecule has 0 spiro atoms. The zero-order chi connectivity index (χ0) is 9.80. The molecule has 0 aliphatic carbocycles. The number of hydrogen-bond acceptors (Lipinski definition) is 1. The predicted molar refractivity (Wildman–Crippen MR) is 62.3 cm³/mol. The van der Waals surface area contributed by atoms with Crippen LogP contribution >= 0.6 is 0 Å². The molecule has 1 aromatic heterocycles. The SMILES string of the molecule is NCc1ccc(-[n+]2ccccc2)cc1.[CH3-]. The molecule has 0 amide bonds. The molecule has 2 heteroatoms. The molecule has 0 saturated heterocycles. The average Bonchev–Trinajstić information content (AvgIpc) is 2.30. The molecule has 2 nitrogen and oxygen atoms in total. The summed E-state index contributed by atoms with van der Waals surface area (Å²) in [5.41, 5.74) is 7.84. The normalized spacial score (nSPS) is 9.40. The summed E-state index contributed by atoms with van der Waals surface area (Å²) in [5, 5.41) is 0. The van der Waals surface area contributed by atoms with Crippen molar-refractivity contribution in [2.45, 2.75) is 6.54 Å². The van der Waals surface area contributed by atoms with E-state index >= 15 is 0 Å². The molecule has 1 aromatic carbocycles. The van der Waals surface area contributed by atoms with Crippen molar-refractivity contribution >= 4 is 0 Å². The van der Waals surface area contributed by atoms with Crippen molar-refractivity contribution in [3.8, 4) is 5.69 Å². The van der Waals surface area contributed by atoms with Crippen LogP contribution in [-0.2, 0) is 6.54 Å². The van der Waals surface area contributed by atoms with Crippen LogP contribution in [0.2, 0.25) is 0 Å². The van der Waals surface area contributed by atoms with Crippen LogP contribution in [-0.4, -0.2) is 0 Å². The minimum Gasteiger partial charge on any atom is -0.358 e. The van der Waals surface area contributed by atoms with Crippen molar-refractivity contribution < 1.29 is 4.57 Å². The van der Waals surface area contributed by atoms with Crippen molar-refractivity contribution in [3.05, 3.63) is 67.8 Å². The van der Waals surface area contributed by atoms with Crippen LogP contribution in [0.1, 0.15) is 5.56 Å². The first-order valence-corrected chi connectivity index (χ1v) is 4.66. The van der Waals surface area contributed by atoms with Gasteiger partial charge in [-0.15, -0.1) is 0 Å². The van der Waals surface area contributed by atoms with Crippen molar-refractivity contribution in [2.75, 3.05) is 0 Å². The van der Waals surface area contributed by atoms with Crippen molar-refractivity contribution in [1.29, 1.82) is 0 Å². The van der Waals surface area contributed by atoms with Gasteiger partial charge in [-0.25, -0.2) is 0 Å². The minimum absolute atomic E-state index is 0. The van der Waals surface area contributed by atoms with Crippen LogP contribution < -0.4 is 10.3 Å². The molecule has 0 radical (unpaired) electrons. The van der Waals surface area contributed by atoms with E-state index in [4.69, 9.17) is 5.73 Å². The van der Waals surface area contributed by atoms with Gasteiger partial charge < -0.3 is 13.2 Å². The van der Waals surface area contributed by atoms with Gasteiger partial charge in [0.1, 0.15) is 0 Å². The fourth-order valence-corrected chi connectivity index (χ4v) is 1.37. The highest BCUT2D eigenvalue weighted by Gasteiger charge is 2.02. The monoisotopic (exact) mass is 200 g/mol. The van der Waals surface area contributed by atoms with E-state index in [-0.39, 0.29) is 7.43 Å². The summed E-state index contributed by atoms with van der Waals surface area (Å²) in [6, 6.07) is 14.3. The fourth-order valence-electron chi connectivity index (χ4n) is 1.37. The Morgan fingerprint density at radius 3 is 2.07 bits per heavy atom. The Labute approximate surface area is 91.0 Å². The van der Waals surface area contributed by atoms with Gasteiger partial charge in [-0.05, 0) is 5.56 Å². The molecular weight excluding hydrogens is 184 g/mol. The lowest BCUT2D eigenvalue weighted by atomic mass is 10.2. The summed E-state index contributed by atoms with van der Waals surface area (Å²) >= 11 is 0. The lowest BCUT2D eigenvalue weighted by Gasteiger charge is -1.97. The first-order valence-electron chi connectivity index (χ1n) is 4.66. The quantitative estimate of drug-likeness (QED) is 0.582. The molecule has 0 aliphatic rings. The van der Waals surface area contributed by atoms with Crippen LogP contribution in [0.15, 0.2) is 54.9 Å². The molecule has 0 aliphatic heterocycles. The van der Waals surface area contributed by atoms with E-state index in [0.717, 1.165) is 11.3 Å². The van der Waals surface area contributed by atoms with E-state index in [0.29, 0.717) is 6.54 Å². The first-order chi connectivity index (χ1) is 6.90. The van der Waals surface area contributed by atoms with Gasteiger partial charge in [-0.1, -0.05) is 18.2 Å². The molecule has 2 aromatic rings. The van der Waals surface area contributed by atoms with E-state index in [1.807, 2.05) is 30.6 Å². The molecular formula is C13H16N2. The second-order valence-corrected chi connectivity index (χ2v) is 3.15. The highest BCUT2D eigenvalue weighted by atomic mass is 14.9.